The van der Waals surface area contributed by atoms with E-state index in [-0.39, 0.29) is 12.7 Å². The summed E-state index contributed by atoms with van der Waals surface area (Å²) in [5.74, 6) is -0.466. The van der Waals surface area contributed by atoms with Crippen molar-refractivity contribution < 1.29 is 23.8 Å². The molecule has 2 atom stereocenters. The quantitative estimate of drug-likeness (QED) is 0.594. The molecule has 0 aliphatic carbocycles. The molecule has 124 valence electrons. The Bertz CT molecular complexity index is 545. The predicted octanol–water partition coefficient (Wildman–Crippen LogP) is 2.14. The number of carbonyl (C=O) groups excluding carboxylic acids is 2. The van der Waals surface area contributed by atoms with E-state index in [0.29, 0.717) is 19.6 Å². The van der Waals surface area contributed by atoms with Gasteiger partial charge in [0.25, 0.3) is 0 Å². The van der Waals surface area contributed by atoms with Crippen LogP contribution in [0.25, 0.3) is 0 Å². The normalized spacial score (nSPS) is 20.1. The summed E-state index contributed by atoms with van der Waals surface area (Å²) in [5.41, 5.74) is 0.883. The Morgan fingerprint density at radius 3 is 2.74 bits per heavy atom. The number of ether oxygens (including phenoxy) is 3. The summed E-state index contributed by atoms with van der Waals surface area (Å²) in [6.45, 7) is 4.40. The third-order valence-electron chi connectivity index (χ3n) is 3.63. The van der Waals surface area contributed by atoms with E-state index < -0.39 is 18.1 Å². The number of likely N-dealkylation sites (tertiary alicyclic amines) is 1. The van der Waals surface area contributed by atoms with Crippen LogP contribution in [0.1, 0.15) is 12.0 Å². The van der Waals surface area contributed by atoms with Crippen molar-refractivity contribution in [3.05, 3.63) is 48.6 Å². The van der Waals surface area contributed by atoms with Gasteiger partial charge in [-0.15, -0.1) is 6.58 Å². The summed E-state index contributed by atoms with van der Waals surface area (Å²) in [6, 6.07) is 8.68. The largest absolute Gasteiger partial charge is 0.467 e. The molecule has 2 rings (SSSR count). The third kappa shape index (κ3) is 4.56. The summed E-state index contributed by atoms with van der Waals surface area (Å²) >= 11 is 0. The van der Waals surface area contributed by atoms with Gasteiger partial charge in [-0.25, -0.2) is 9.59 Å². The first kappa shape index (κ1) is 17.0. The van der Waals surface area contributed by atoms with E-state index in [1.807, 2.05) is 30.3 Å². The van der Waals surface area contributed by atoms with Gasteiger partial charge < -0.3 is 14.2 Å². The average molecular weight is 319 g/mol. The molecule has 0 radical (unpaired) electrons. The van der Waals surface area contributed by atoms with Gasteiger partial charge in [0.05, 0.1) is 26.4 Å². The maximum absolute atomic E-state index is 12.3. The van der Waals surface area contributed by atoms with Gasteiger partial charge in [0.1, 0.15) is 12.6 Å². The second kappa shape index (κ2) is 8.33. The lowest BCUT2D eigenvalue weighted by molar-refractivity contribution is -0.145. The van der Waals surface area contributed by atoms with Crippen LogP contribution in [0.15, 0.2) is 43.0 Å². The lowest BCUT2D eigenvalue weighted by atomic mass is 10.2. The minimum absolute atomic E-state index is 0.155. The Morgan fingerprint density at radius 1 is 1.35 bits per heavy atom. The van der Waals surface area contributed by atoms with E-state index in [1.54, 1.807) is 6.08 Å². The lowest BCUT2D eigenvalue weighted by Gasteiger charge is -2.21. The molecule has 1 saturated heterocycles. The van der Waals surface area contributed by atoms with Crippen molar-refractivity contribution in [2.45, 2.75) is 25.2 Å². The number of carbonyl (C=O) groups is 2. The maximum atomic E-state index is 12.3. The lowest BCUT2D eigenvalue weighted by Crippen LogP contribution is -2.41. The molecule has 1 aliphatic rings. The number of nitrogens with zero attached hydrogens (tertiary/aromatic N) is 1. The van der Waals surface area contributed by atoms with Crippen molar-refractivity contribution in [1.82, 2.24) is 4.90 Å². The smallest absolute Gasteiger partial charge is 0.410 e. The van der Waals surface area contributed by atoms with Crippen LogP contribution in [0, 0.1) is 0 Å². The highest BCUT2D eigenvalue weighted by atomic mass is 16.6. The molecular weight excluding hydrogens is 298 g/mol. The molecule has 1 aromatic carbocycles. The Hall–Kier alpha value is -2.34. The van der Waals surface area contributed by atoms with Crippen molar-refractivity contribution in [2.24, 2.45) is 0 Å². The molecule has 0 N–H and O–H groups in total. The minimum atomic E-state index is -0.682. The zero-order valence-corrected chi connectivity index (χ0v) is 13.1. The first-order valence-corrected chi connectivity index (χ1v) is 7.43. The number of amides is 1. The molecule has 0 saturated carbocycles. The second-order valence-corrected chi connectivity index (χ2v) is 5.21. The molecule has 6 heteroatoms. The Kier molecular flexibility index (Phi) is 6.17. The van der Waals surface area contributed by atoms with Gasteiger partial charge >= 0.3 is 12.1 Å². The fraction of sp³-hybridized carbons (Fsp3) is 0.412. The summed E-state index contributed by atoms with van der Waals surface area (Å²) in [6.07, 6.45) is 1.24. The highest BCUT2D eigenvalue weighted by Gasteiger charge is 2.41. The van der Waals surface area contributed by atoms with Gasteiger partial charge in [0, 0.05) is 6.42 Å². The van der Waals surface area contributed by atoms with Crippen LogP contribution in [0.2, 0.25) is 0 Å². The molecule has 23 heavy (non-hydrogen) atoms. The Morgan fingerprint density at radius 2 is 2.09 bits per heavy atom. The highest BCUT2D eigenvalue weighted by Crippen LogP contribution is 2.23. The van der Waals surface area contributed by atoms with Crippen LogP contribution < -0.4 is 0 Å². The molecule has 1 aliphatic heterocycles. The molecule has 1 aromatic rings. The predicted molar refractivity (Wildman–Crippen MR) is 83.7 cm³/mol. The molecule has 1 heterocycles. The van der Waals surface area contributed by atoms with E-state index in [0.717, 1.165) is 5.56 Å². The zero-order chi connectivity index (χ0) is 16.7. The maximum Gasteiger partial charge on any atom is 0.410 e. The topological polar surface area (TPSA) is 65.1 Å². The fourth-order valence-corrected chi connectivity index (χ4v) is 2.49. The first-order chi connectivity index (χ1) is 11.2. The summed E-state index contributed by atoms with van der Waals surface area (Å²) in [7, 11) is 1.30. The average Bonchev–Trinajstić information content (AvgIpc) is 3.02. The van der Waals surface area contributed by atoms with Crippen LogP contribution >= 0.6 is 0 Å². The monoisotopic (exact) mass is 319 g/mol. The van der Waals surface area contributed by atoms with Crippen LogP contribution in [-0.2, 0) is 25.6 Å². The van der Waals surface area contributed by atoms with Crippen LogP contribution in [0.4, 0.5) is 4.79 Å². The zero-order valence-electron chi connectivity index (χ0n) is 13.1. The van der Waals surface area contributed by atoms with Crippen molar-refractivity contribution in [2.75, 3.05) is 20.3 Å². The number of benzene rings is 1. The van der Waals surface area contributed by atoms with Gasteiger partial charge in [0.2, 0.25) is 0 Å². The SMILES string of the molecule is C=CCO[C@H]1C[C@H](C(=O)OC)N(C(=O)OCc2ccccc2)C1. The van der Waals surface area contributed by atoms with E-state index in [9.17, 15) is 9.59 Å². The van der Waals surface area contributed by atoms with Crippen LogP contribution in [0.3, 0.4) is 0 Å². The van der Waals surface area contributed by atoms with Gasteiger partial charge in [-0.1, -0.05) is 36.4 Å². The van der Waals surface area contributed by atoms with Crippen LogP contribution in [-0.4, -0.2) is 49.4 Å². The number of hydrogen-bond donors (Lipinski definition) is 0. The van der Waals surface area contributed by atoms with Crippen molar-refractivity contribution in [3.63, 3.8) is 0 Å². The molecule has 1 amide bonds. The summed E-state index contributed by atoms with van der Waals surface area (Å²) < 4.78 is 15.6. The third-order valence-corrected chi connectivity index (χ3v) is 3.63. The van der Waals surface area contributed by atoms with E-state index in [2.05, 4.69) is 6.58 Å². The molecule has 1 fully saturated rings. The van der Waals surface area contributed by atoms with Crippen molar-refractivity contribution >= 4 is 12.1 Å². The van der Waals surface area contributed by atoms with Gasteiger partial charge in [0.15, 0.2) is 0 Å². The van der Waals surface area contributed by atoms with E-state index in [4.69, 9.17) is 14.2 Å². The van der Waals surface area contributed by atoms with E-state index in [1.165, 1.54) is 12.0 Å². The minimum Gasteiger partial charge on any atom is -0.467 e. The standard InChI is InChI=1S/C17H21NO5/c1-3-9-22-14-10-15(16(19)21-2)18(11-14)17(20)23-12-13-7-5-4-6-8-13/h3-8,14-15H,1,9-12H2,2H3/t14-,15+/m0/s1. The molecular formula is C17H21NO5. The van der Waals surface area contributed by atoms with Crippen molar-refractivity contribution in [3.8, 4) is 0 Å². The number of methoxy groups -OCH3 is 1. The van der Waals surface area contributed by atoms with E-state index >= 15 is 0 Å². The van der Waals surface area contributed by atoms with Gasteiger partial charge in [-0.2, -0.15) is 0 Å². The molecule has 0 unspecified atom stereocenters. The number of rotatable bonds is 6. The van der Waals surface area contributed by atoms with Gasteiger partial charge in [-0.3, -0.25) is 4.90 Å². The summed E-state index contributed by atoms with van der Waals surface area (Å²) in [5, 5.41) is 0. The Labute approximate surface area is 135 Å². The Balaban J connectivity index is 1.97. The van der Waals surface area contributed by atoms with Crippen LogP contribution in [0.5, 0.6) is 0 Å². The number of hydrogen-bond acceptors (Lipinski definition) is 5. The highest BCUT2D eigenvalue weighted by molar-refractivity contribution is 5.82. The fourth-order valence-electron chi connectivity index (χ4n) is 2.49. The summed E-state index contributed by atoms with van der Waals surface area (Å²) in [4.78, 5) is 25.5. The first-order valence-electron chi connectivity index (χ1n) is 7.43. The molecule has 0 bridgehead atoms. The molecule has 0 spiro atoms. The molecule has 0 aromatic heterocycles. The second-order valence-electron chi connectivity index (χ2n) is 5.21. The van der Waals surface area contributed by atoms with Gasteiger partial charge in [-0.05, 0) is 5.56 Å². The number of esters is 1. The molecule has 6 nitrogen and oxygen atoms in total. The van der Waals surface area contributed by atoms with Crippen molar-refractivity contribution in [1.29, 1.82) is 0 Å².